The molecule has 2 unspecified atom stereocenters. The Bertz CT molecular complexity index is 290. The predicted molar refractivity (Wildman–Crippen MR) is 50.1 cm³/mol. The van der Waals surface area contributed by atoms with Crippen molar-refractivity contribution in [3.05, 3.63) is 0 Å². The molecule has 8 nitrogen and oxygen atoms in total. The zero-order valence-electron chi connectivity index (χ0n) is 8.55. The van der Waals surface area contributed by atoms with Crippen molar-refractivity contribution in [1.29, 1.82) is 0 Å². The number of rotatable bonds is 4. The molecule has 0 aromatic heterocycles. The summed E-state index contributed by atoms with van der Waals surface area (Å²) in [4.78, 5) is 16.9. The van der Waals surface area contributed by atoms with Crippen LogP contribution < -0.4 is 0 Å². The third-order valence-corrected chi connectivity index (χ3v) is 2.83. The first kappa shape index (κ1) is 14.0. The first-order valence-electron chi connectivity index (χ1n) is 4.66. The highest BCUT2D eigenvalue weighted by molar-refractivity contribution is 7.46. The van der Waals surface area contributed by atoms with Crippen molar-refractivity contribution in [2.24, 2.45) is 0 Å². The zero-order chi connectivity index (χ0) is 12.6. The lowest BCUT2D eigenvalue weighted by atomic mass is 10.0. The third kappa shape index (κ3) is 2.99. The molecule has 4 atom stereocenters. The van der Waals surface area contributed by atoms with Crippen molar-refractivity contribution in [1.82, 2.24) is 0 Å². The Kier molecular flexibility index (Phi) is 4.09. The van der Waals surface area contributed by atoms with Gasteiger partial charge in [-0.3, -0.25) is 4.52 Å². The SMILES string of the molecule is CC[C@@H]1O[C@](O)(COP(=O)(O)O)C(O)C1O. The summed E-state index contributed by atoms with van der Waals surface area (Å²) in [5, 5.41) is 28.6. The lowest BCUT2D eigenvalue weighted by Crippen LogP contribution is -2.46. The normalized spacial score (nSPS) is 40.2. The number of hydrogen-bond donors (Lipinski definition) is 5. The molecule has 9 heteroatoms. The van der Waals surface area contributed by atoms with E-state index < -0.39 is 38.5 Å². The van der Waals surface area contributed by atoms with E-state index in [-0.39, 0.29) is 0 Å². The summed E-state index contributed by atoms with van der Waals surface area (Å²) < 4.78 is 19.4. The molecule has 5 N–H and O–H groups in total. The Labute approximate surface area is 91.7 Å². The largest absolute Gasteiger partial charge is 0.469 e. The minimum absolute atomic E-state index is 0.330. The quantitative estimate of drug-likeness (QED) is 0.377. The van der Waals surface area contributed by atoms with Crippen molar-refractivity contribution in [3.8, 4) is 0 Å². The second-order valence-electron chi connectivity index (χ2n) is 3.61. The fourth-order valence-electron chi connectivity index (χ4n) is 1.49. The summed E-state index contributed by atoms with van der Waals surface area (Å²) in [5.74, 6) is -2.30. The summed E-state index contributed by atoms with van der Waals surface area (Å²) in [6.45, 7) is 0.738. The van der Waals surface area contributed by atoms with Crippen molar-refractivity contribution in [3.63, 3.8) is 0 Å². The first-order valence-corrected chi connectivity index (χ1v) is 6.19. The second kappa shape index (κ2) is 4.67. The highest BCUT2D eigenvalue weighted by Gasteiger charge is 2.53. The van der Waals surface area contributed by atoms with Crippen molar-refractivity contribution in [2.75, 3.05) is 6.61 Å². The molecule has 0 spiro atoms. The number of ether oxygens (including phenoxy) is 1. The number of phosphoric acid groups is 1. The molecule has 1 fully saturated rings. The maximum absolute atomic E-state index is 10.4. The molecule has 0 aromatic rings. The Morgan fingerprint density at radius 1 is 1.44 bits per heavy atom. The van der Waals surface area contributed by atoms with Crippen LogP contribution in [0.2, 0.25) is 0 Å². The van der Waals surface area contributed by atoms with Crippen LogP contribution in [0.3, 0.4) is 0 Å². The average Bonchev–Trinajstić information content (AvgIpc) is 2.40. The fourth-order valence-corrected chi connectivity index (χ4v) is 1.85. The van der Waals surface area contributed by atoms with Gasteiger partial charge in [-0.1, -0.05) is 6.92 Å². The van der Waals surface area contributed by atoms with Crippen LogP contribution in [0.25, 0.3) is 0 Å². The van der Waals surface area contributed by atoms with E-state index in [1.807, 2.05) is 0 Å². The molecule has 0 amide bonds. The van der Waals surface area contributed by atoms with Crippen LogP contribution in [-0.4, -0.2) is 55.8 Å². The van der Waals surface area contributed by atoms with Gasteiger partial charge in [0.05, 0.1) is 6.10 Å². The smallest absolute Gasteiger partial charge is 0.387 e. The minimum Gasteiger partial charge on any atom is -0.387 e. The molecule has 0 radical (unpaired) electrons. The van der Waals surface area contributed by atoms with E-state index in [9.17, 15) is 19.9 Å². The van der Waals surface area contributed by atoms with Gasteiger partial charge in [-0.15, -0.1) is 0 Å². The maximum Gasteiger partial charge on any atom is 0.469 e. The maximum atomic E-state index is 10.4. The van der Waals surface area contributed by atoms with Gasteiger partial charge in [-0.05, 0) is 6.42 Å². The Balaban J connectivity index is 2.67. The summed E-state index contributed by atoms with van der Waals surface area (Å²) in [6.07, 6.45) is -3.48. The summed E-state index contributed by atoms with van der Waals surface area (Å²) >= 11 is 0. The van der Waals surface area contributed by atoms with E-state index in [4.69, 9.17) is 14.5 Å². The summed E-state index contributed by atoms with van der Waals surface area (Å²) in [5.41, 5.74) is 0. The van der Waals surface area contributed by atoms with Gasteiger partial charge in [-0.2, -0.15) is 0 Å². The molecule has 0 bridgehead atoms. The summed E-state index contributed by atoms with van der Waals surface area (Å²) in [6, 6.07) is 0. The van der Waals surface area contributed by atoms with Crippen molar-refractivity contribution >= 4 is 7.82 Å². The van der Waals surface area contributed by atoms with Gasteiger partial charge in [0.15, 0.2) is 0 Å². The van der Waals surface area contributed by atoms with Crippen LogP contribution in [-0.2, 0) is 13.8 Å². The van der Waals surface area contributed by atoms with E-state index >= 15 is 0 Å². The fraction of sp³-hybridized carbons (Fsp3) is 1.00. The van der Waals surface area contributed by atoms with E-state index in [1.165, 1.54) is 0 Å². The topological polar surface area (TPSA) is 137 Å². The third-order valence-electron chi connectivity index (χ3n) is 2.36. The molecule has 1 aliphatic rings. The Hall–Kier alpha value is -0.0500. The monoisotopic (exact) mass is 258 g/mol. The average molecular weight is 258 g/mol. The molecular formula is C7H15O8P. The molecule has 1 rings (SSSR count). The van der Waals surface area contributed by atoms with E-state index in [1.54, 1.807) is 6.92 Å². The number of aliphatic hydroxyl groups excluding tert-OH is 2. The standard InChI is InChI=1S/C7H15O8P/c1-2-4-5(8)6(9)7(10,15-4)3-14-16(11,12)13/h4-6,8-10H,2-3H2,1H3,(H2,11,12,13)/t4-,5?,6?,7+/m0/s1. The van der Waals surface area contributed by atoms with E-state index in [0.717, 1.165) is 0 Å². The lowest BCUT2D eigenvalue weighted by Gasteiger charge is -2.25. The second-order valence-corrected chi connectivity index (χ2v) is 4.85. The van der Waals surface area contributed by atoms with E-state index in [0.29, 0.717) is 6.42 Å². The number of phosphoric ester groups is 1. The van der Waals surface area contributed by atoms with Crippen molar-refractivity contribution < 1.29 is 38.9 Å². The molecule has 0 saturated carbocycles. The molecule has 0 aliphatic carbocycles. The number of hydrogen-bond acceptors (Lipinski definition) is 6. The van der Waals surface area contributed by atoms with Crippen LogP contribution in [0, 0.1) is 0 Å². The highest BCUT2D eigenvalue weighted by atomic mass is 31.2. The Morgan fingerprint density at radius 2 is 2.00 bits per heavy atom. The van der Waals surface area contributed by atoms with Crippen LogP contribution >= 0.6 is 7.82 Å². The Morgan fingerprint density at radius 3 is 2.38 bits per heavy atom. The van der Waals surface area contributed by atoms with Crippen LogP contribution in [0.1, 0.15) is 13.3 Å². The number of aliphatic hydroxyl groups is 3. The van der Waals surface area contributed by atoms with Gasteiger partial charge >= 0.3 is 7.82 Å². The lowest BCUT2D eigenvalue weighted by molar-refractivity contribution is -0.243. The molecule has 1 heterocycles. The van der Waals surface area contributed by atoms with Gasteiger partial charge in [0.25, 0.3) is 0 Å². The minimum atomic E-state index is -4.77. The van der Waals surface area contributed by atoms with Gasteiger partial charge < -0.3 is 29.8 Å². The van der Waals surface area contributed by atoms with E-state index in [2.05, 4.69) is 4.52 Å². The van der Waals surface area contributed by atoms with Crippen LogP contribution in [0.4, 0.5) is 0 Å². The van der Waals surface area contributed by atoms with Gasteiger partial charge in [-0.25, -0.2) is 4.57 Å². The summed E-state index contributed by atoms with van der Waals surface area (Å²) in [7, 11) is -4.77. The molecule has 1 aliphatic heterocycles. The molecular weight excluding hydrogens is 243 g/mol. The molecule has 16 heavy (non-hydrogen) atoms. The predicted octanol–water partition coefficient (Wildman–Crippen LogP) is -1.69. The molecule has 96 valence electrons. The highest BCUT2D eigenvalue weighted by Crippen LogP contribution is 2.39. The van der Waals surface area contributed by atoms with Crippen molar-refractivity contribution in [2.45, 2.75) is 37.4 Å². The van der Waals surface area contributed by atoms with Gasteiger partial charge in [0.2, 0.25) is 5.79 Å². The van der Waals surface area contributed by atoms with Gasteiger partial charge in [0.1, 0.15) is 18.8 Å². The molecule has 1 saturated heterocycles. The first-order chi connectivity index (χ1) is 7.19. The molecule has 0 aromatic carbocycles. The zero-order valence-corrected chi connectivity index (χ0v) is 9.45. The van der Waals surface area contributed by atoms with Crippen LogP contribution in [0.5, 0.6) is 0 Å². The van der Waals surface area contributed by atoms with Gasteiger partial charge in [0, 0.05) is 0 Å². The van der Waals surface area contributed by atoms with Crippen LogP contribution in [0.15, 0.2) is 0 Å².